The second-order valence-electron chi connectivity index (χ2n) is 6.37. The van der Waals surface area contributed by atoms with Crippen molar-refractivity contribution in [3.8, 4) is 0 Å². The van der Waals surface area contributed by atoms with Gasteiger partial charge in [-0.1, -0.05) is 33.8 Å². The minimum Gasteiger partial charge on any atom is -0.354 e. The van der Waals surface area contributed by atoms with E-state index in [9.17, 15) is 4.79 Å². The van der Waals surface area contributed by atoms with Crippen molar-refractivity contribution < 1.29 is 4.79 Å². The van der Waals surface area contributed by atoms with Gasteiger partial charge in [-0.15, -0.1) is 6.58 Å². The zero-order valence-corrected chi connectivity index (χ0v) is 12.3. The summed E-state index contributed by atoms with van der Waals surface area (Å²) in [4.78, 5) is 14.2. The largest absolute Gasteiger partial charge is 0.354 e. The van der Waals surface area contributed by atoms with E-state index in [0.29, 0.717) is 18.5 Å². The predicted octanol–water partition coefficient (Wildman–Crippen LogP) is 2.44. The Kier molecular flexibility index (Phi) is 5.39. The number of amides is 1. The van der Waals surface area contributed by atoms with E-state index in [0.717, 1.165) is 25.9 Å². The molecule has 3 heteroatoms. The van der Waals surface area contributed by atoms with Crippen LogP contribution in [0.3, 0.4) is 0 Å². The second-order valence-corrected chi connectivity index (χ2v) is 6.37. The fraction of sp³-hybridized carbons (Fsp3) is 0.800. The zero-order valence-electron chi connectivity index (χ0n) is 12.3. The Morgan fingerprint density at radius 3 is 2.78 bits per heavy atom. The molecule has 0 saturated carbocycles. The average Bonchev–Trinajstić information content (AvgIpc) is 2.67. The minimum absolute atomic E-state index is 0.137. The number of carbonyl (C=O) groups excluding carboxylic acids is 1. The van der Waals surface area contributed by atoms with Crippen LogP contribution in [-0.4, -0.2) is 36.5 Å². The Labute approximate surface area is 112 Å². The van der Waals surface area contributed by atoms with E-state index in [1.54, 1.807) is 0 Å². The first-order valence-electron chi connectivity index (χ1n) is 7.01. The van der Waals surface area contributed by atoms with E-state index in [2.05, 4.69) is 44.5 Å². The molecule has 1 fully saturated rings. The molecule has 1 rings (SSSR count). The molecule has 1 heterocycles. The van der Waals surface area contributed by atoms with Crippen molar-refractivity contribution in [3.05, 3.63) is 12.7 Å². The Balaban J connectivity index is 2.38. The molecule has 18 heavy (non-hydrogen) atoms. The lowest BCUT2D eigenvalue weighted by molar-refractivity contribution is -0.122. The summed E-state index contributed by atoms with van der Waals surface area (Å²) in [6, 6.07) is 0.366. The van der Waals surface area contributed by atoms with Crippen molar-refractivity contribution in [1.29, 1.82) is 0 Å². The number of hydrogen-bond acceptors (Lipinski definition) is 2. The molecule has 1 saturated heterocycles. The molecule has 1 amide bonds. The van der Waals surface area contributed by atoms with Crippen molar-refractivity contribution in [2.24, 2.45) is 11.3 Å². The van der Waals surface area contributed by atoms with Crippen LogP contribution < -0.4 is 5.32 Å². The van der Waals surface area contributed by atoms with Gasteiger partial charge in [-0.05, 0) is 24.2 Å². The quantitative estimate of drug-likeness (QED) is 0.736. The molecule has 0 aromatic heterocycles. The molecule has 0 aromatic rings. The number of rotatable bonds is 6. The van der Waals surface area contributed by atoms with E-state index in [-0.39, 0.29) is 11.3 Å². The summed E-state index contributed by atoms with van der Waals surface area (Å²) in [5.74, 6) is 0.797. The molecule has 0 spiro atoms. The summed E-state index contributed by atoms with van der Waals surface area (Å²) in [7, 11) is 0. The topological polar surface area (TPSA) is 32.3 Å². The van der Waals surface area contributed by atoms with Gasteiger partial charge in [0.2, 0.25) is 5.91 Å². The lowest BCUT2D eigenvalue weighted by Crippen LogP contribution is -2.42. The van der Waals surface area contributed by atoms with Gasteiger partial charge in [-0.25, -0.2) is 0 Å². The van der Waals surface area contributed by atoms with Crippen LogP contribution in [0.5, 0.6) is 0 Å². The SMILES string of the molecule is C=C[C@@H]1CC(C)CN1CC(=O)NCC(C)(C)CC. The highest BCUT2D eigenvalue weighted by molar-refractivity contribution is 5.78. The molecule has 2 atom stereocenters. The van der Waals surface area contributed by atoms with Crippen molar-refractivity contribution in [1.82, 2.24) is 10.2 Å². The summed E-state index contributed by atoms with van der Waals surface area (Å²) in [5, 5.41) is 3.05. The first kappa shape index (κ1) is 15.2. The number of carbonyl (C=O) groups is 1. The van der Waals surface area contributed by atoms with E-state index < -0.39 is 0 Å². The molecule has 0 radical (unpaired) electrons. The molecule has 1 N–H and O–H groups in total. The highest BCUT2D eigenvalue weighted by Crippen LogP contribution is 2.23. The van der Waals surface area contributed by atoms with Gasteiger partial charge in [0.25, 0.3) is 0 Å². The van der Waals surface area contributed by atoms with Crippen LogP contribution in [0.1, 0.15) is 40.5 Å². The van der Waals surface area contributed by atoms with Crippen LogP contribution in [-0.2, 0) is 4.79 Å². The third-order valence-electron chi connectivity index (χ3n) is 4.00. The molecule has 1 aliphatic rings. The highest BCUT2D eigenvalue weighted by Gasteiger charge is 2.28. The van der Waals surface area contributed by atoms with Gasteiger partial charge in [0.1, 0.15) is 0 Å². The van der Waals surface area contributed by atoms with Crippen LogP contribution in [0.25, 0.3) is 0 Å². The van der Waals surface area contributed by atoms with E-state index >= 15 is 0 Å². The first-order valence-corrected chi connectivity index (χ1v) is 7.01. The Bertz CT molecular complexity index is 299. The van der Waals surface area contributed by atoms with Crippen molar-refractivity contribution in [2.75, 3.05) is 19.6 Å². The van der Waals surface area contributed by atoms with Gasteiger partial charge in [-0.3, -0.25) is 9.69 Å². The molecular weight excluding hydrogens is 224 g/mol. The summed E-state index contributed by atoms with van der Waals surface area (Å²) in [6.45, 7) is 14.9. The van der Waals surface area contributed by atoms with Gasteiger partial charge in [0, 0.05) is 19.1 Å². The van der Waals surface area contributed by atoms with E-state index in [1.165, 1.54) is 0 Å². The average molecular weight is 252 g/mol. The number of likely N-dealkylation sites (tertiary alicyclic amines) is 1. The molecule has 0 aromatic carbocycles. The summed E-state index contributed by atoms with van der Waals surface area (Å²) < 4.78 is 0. The standard InChI is InChI=1S/C15H28N2O/c1-6-13-8-12(3)9-17(13)10-14(18)16-11-15(4,5)7-2/h6,12-13H,1,7-11H2,2-5H3,(H,16,18)/t12?,13-/m1/s1. The van der Waals surface area contributed by atoms with Gasteiger partial charge in [0.05, 0.1) is 6.54 Å². The lowest BCUT2D eigenvalue weighted by Gasteiger charge is -2.25. The Hall–Kier alpha value is -0.830. The Morgan fingerprint density at radius 1 is 1.56 bits per heavy atom. The predicted molar refractivity (Wildman–Crippen MR) is 76.4 cm³/mol. The monoisotopic (exact) mass is 252 g/mol. The third kappa shape index (κ3) is 4.45. The maximum atomic E-state index is 11.9. The minimum atomic E-state index is 0.137. The normalized spacial score (nSPS) is 25.1. The number of nitrogens with one attached hydrogen (secondary N) is 1. The van der Waals surface area contributed by atoms with Crippen molar-refractivity contribution >= 4 is 5.91 Å². The van der Waals surface area contributed by atoms with Gasteiger partial charge in [0.15, 0.2) is 0 Å². The Morgan fingerprint density at radius 2 is 2.22 bits per heavy atom. The second kappa shape index (κ2) is 6.37. The van der Waals surface area contributed by atoms with Crippen LogP contribution in [0.2, 0.25) is 0 Å². The molecule has 1 aliphatic heterocycles. The molecule has 0 aliphatic carbocycles. The molecular formula is C15H28N2O. The smallest absolute Gasteiger partial charge is 0.234 e. The van der Waals surface area contributed by atoms with Gasteiger partial charge in [-0.2, -0.15) is 0 Å². The zero-order chi connectivity index (χ0) is 13.8. The van der Waals surface area contributed by atoms with Gasteiger partial charge < -0.3 is 5.32 Å². The van der Waals surface area contributed by atoms with E-state index in [4.69, 9.17) is 0 Å². The fourth-order valence-electron chi connectivity index (χ4n) is 2.30. The van der Waals surface area contributed by atoms with Crippen LogP contribution in [0, 0.1) is 11.3 Å². The maximum absolute atomic E-state index is 11.9. The summed E-state index contributed by atoms with van der Waals surface area (Å²) >= 11 is 0. The van der Waals surface area contributed by atoms with Crippen LogP contribution in [0.15, 0.2) is 12.7 Å². The molecule has 3 nitrogen and oxygen atoms in total. The lowest BCUT2D eigenvalue weighted by atomic mass is 9.90. The summed E-state index contributed by atoms with van der Waals surface area (Å²) in [6.07, 6.45) is 4.16. The van der Waals surface area contributed by atoms with E-state index in [1.807, 2.05) is 6.08 Å². The molecule has 0 bridgehead atoms. The van der Waals surface area contributed by atoms with Crippen LogP contribution >= 0.6 is 0 Å². The fourth-order valence-corrected chi connectivity index (χ4v) is 2.30. The molecule has 1 unspecified atom stereocenters. The first-order chi connectivity index (χ1) is 8.38. The third-order valence-corrected chi connectivity index (χ3v) is 4.00. The highest BCUT2D eigenvalue weighted by atomic mass is 16.2. The van der Waals surface area contributed by atoms with Crippen molar-refractivity contribution in [3.63, 3.8) is 0 Å². The van der Waals surface area contributed by atoms with Crippen LogP contribution in [0.4, 0.5) is 0 Å². The van der Waals surface area contributed by atoms with Gasteiger partial charge >= 0.3 is 0 Å². The van der Waals surface area contributed by atoms with Crippen molar-refractivity contribution in [2.45, 2.75) is 46.6 Å². The molecule has 104 valence electrons. The summed E-state index contributed by atoms with van der Waals surface area (Å²) in [5.41, 5.74) is 0.186. The maximum Gasteiger partial charge on any atom is 0.234 e. The number of hydrogen-bond donors (Lipinski definition) is 1. The number of nitrogens with zero attached hydrogens (tertiary/aromatic N) is 1.